The van der Waals surface area contributed by atoms with Crippen LogP contribution in [0.25, 0.3) is 0 Å². The highest BCUT2D eigenvalue weighted by Gasteiger charge is 2.26. The molecule has 5 nitrogen and oxygen atoms in total. The third kappa shape index (κ3) is 4.84. The molecule has 0 saturated carbocycles. The highest BCUT2D eigenvalue weighted by atomic mass is 16.5. The summed E-state index contributed by atoms with van der Waals surface area (Å²) in [4.78, 5) is 26.9. The summed E-state index contributed by atoms with van der Waals surface area (Å²) >= 11 is 0. The van der Waals surface area contributed by atoms with Gasteiger partial charge < -0.3 is 15.0 Å². The predicted octanol–water partition coefficient (Wildman–Crippen LogP) is 3.16. The van der Waals surface area contributed by atoms with Crippen LogP contribution in [0.15, 0.2) is 36.4 Å². The van der Waals surface area contributed by atoms with E-state index < -0.39 is 6.04 Å². The van der Waals surface area contributed by atoms with Gasteiger partial charge in [0.2, 0.25) is 5.91 Å². The zero-order chi connectivity index (χ0) is 18.4. The molecule has 0 radical (unpaired) electrons. The van der Waals surface area contributed by atoms with Gasteiger partial charge in [0.25, 0.3) is 5.91 Å². The third-order valence-electron chi connectivity index (χ3n) is 4.62. The Morgan fingerprint density at radius 3 is 2.56 bits per heavy atom. The number of likely N-dealkylation sites (N-methyl/N-ethyl adjacent to an activating group) is 1. The van der Waals surface area contributed by atoms with Gasteiger partial charge in [-0.2, -0.15) is 0 Å². The van der Waals surface area contributed by atoms with Gasteiger partial charge in [-0.3, -0.25) is 9.59 Å². The van der Waals surface area contributed by atoms with Gasteiger partial charge in [0, 0.05) is 19.5 Å². The lowest BCUT2D eigenvalue weighted by atomic mass is 10.1. The maximum Gasteiger partial charge on any atom is 0.258 e. The Morgan fingerprint density at radius 1 is 1.16 bits per heavy atom. The van der Waals surface area contributed by atoms with E-state index in [1.807, 2.05) is 19.9 Å². The standard InChI is InChI=1S/C20H28N2O3/c1-5-16-11-7-6-10-14(2)25-18-13-9-8-12-17(18)20(24)22(4)15(3)19(23)21-16/h6-9,12-16H,5,10-11H2,1-4H3,(H,21,23)/b7-6+/t14-,15+,16+/m1/s1. The number of para-hydroxylation sites is 1. The van der Waals surface area contributed by atoms with E-state index in [1.54, 1.807) is 32.2 Å². The van der Waals surface area contributed by atoms with Crippen LogP contribution in [-0.4, -0.2) is 41.9 Å². The Kier molecular flexibility index (Phi) is 6.62. The van der Waals surface area contributed by atoms with Crippen LogP contribution in [0.5, 0.6) is 5.75 Å². The fraction of sp³-hybridized carbons (Fsp3) is 0.500. The maximum atomic E-state index is 12.9. The SMILES string of the molecule is CC[C@H]1C/C=C/C[C@@H](C)Oc2ccccc2C(=O)N(C)[C@@H](C)C(=O)N1. The molecule has 3 atom stereocenters. The second-order valence-electron chi connectivity index (χ2n) is 6.57. The molecule has 0 fully saturated rings. The molecule has 0 unspecified atom stereocenters. The van der Waals surface area contributed by atoms with Gasteiger partial charge >= 0.3 is 0 Å². The van der Waals surface area contributed by atoms with Crippen LogP contribution in [0.3, 0.4) is 0 Å². The molecule has 0 aliphatic carbocycles. The number of benzene rings is 1. The lowest BCUT2D eigenvalue weighted by molar-refractivity contribution is -0.125. The second-order valence-corrected chi connectivity index (χ2v) is 6.57. The molecule has 1 heterocycles. The zero-order valence-electron chi connectivity index (χ0n) is 15.5. The van der Waals surface area contributed by atoms with Crippen molar-refractivity contribution < 1.29 is 14.3 Å². The van der Waals surface area contributed by atoms with Gasteiger partial charge in [-0.15, -0.1) is 0 Å². The molecule has 0 bridgehead atoms. The molecular weight excluding hydrogens is 316 g/mol. The summed E-state index contributed by atoms with van der Waals surface area (Å²) in [6.07, 6.45) is 6.49. The molecule has 2 rings (SSSR count). The van der Waals surface area contributed by atoms with Crippen LogP contribution in [0.4, 0.5) is 0 Å². The number of nitrogens with zero attached hydrogens (tertiary/aromatic N) is 1. The van der Waals surface area contributed by atoms with Crippen molar-refractivity contribution in [2.24, 2.45) is 0 Å². The molecule has 136 valence electrons. The molecule has 0 spiro atoms. The molecule has 1 aliphatic rings. The summed E-state index contributed by atoms with van der Waals surface area (Å²) in [6, 6.07) is 6.70. The lowest BCUT2D eigenvalue weighted by Crippen LogP contribution is -2.48. The highest BCUT2D eigenvalue weighted by molar-refractivity contribution is 5.99. The molecule has 5 heteroatoms. The van der Waals surface area contributed by atoms with Crippen LogP contribution >= 0.6 is 0 Å². The van der Waals surface area contributed by atoms with Crippen LogP contribution in [0.1, 0.15) is 50.4 Å². The van der Waals surface area contributed by atoms with E-state index in [0.29, 0.717) is 11.3 Å². The van der Waals surface area contributed by atoms with Gasteiger partial charge in [0.05, 0.1) is 11.7 Å². The van der Waals surface area contributed by atoms with Crippen molar-refractivity contribution in [1.82, 2.24) is 10.2 Å². The summed E-state index contributed by atoms with van der Waals surface area (Å²) < 4.78 is 5.98. The van der Waals surface area contributed by atoms with Crippen molar-refractivity contribution in [3.63, 3.8) is 0 Å². The van der Waals surface area contributed by atoms with Gasteiger partial charge in [0.15, 0.2) is 0 Å². The first-order valence-corrected chi connectivity index (χ1v) is 8.92. The number of hydrogen-bond acceptors (Lipinski definition) is 3. The minimum absolute atomic E-state index is 0.0365. The number of rotatable bonds is 1. The van der Waals surface area contributed by atoms with Crippen LogP contribution in [-0.2, 0) is 4.79 Å². The average molecular weight is 344 g/mol. The predicted molar refractivity (Wildman–Crippen MR) is 98.7 cm³/mol. The fourth-order valence-corrected chi connectivity index (χ4v) is 2.75. The number of hydrogen-bond donors (Lipinski definition) is 1. The minimum atomic E-state index is -0.557. The fourth-order valence-electron chi connectivity index (χ4n) is 2.75. The number of ether oxygens (including phenoxy) is 1. The number of fused-ring (bicyclic) bond motifs is 1. The maximum absolute atomic E-state index is 12.9. The van der Waals surface area contributed by atoms with Gasteiger partial charge in [-0.05, 0) is 38.8 Å². The molecule has 1 aromatic carbocycles. The lowest BCUT2D eigenvalue weighted by Gasteiger charge is -2.27. The van der Waals surface area contributed by atoms with Crippen LogP contribution in [0.2, 0.25) is 0 Å². The van der Waals surface area contributed by atoms with E-state index in [1.165, 1.54) is 4.90 Å². The molecule has 25 heavy (non-hydrogen) atoms. The van der Waals surface area contributed by atoms with E-state index >= 15 is 0 Å². The average Bonchev–Trinajstić information content (AvgIpc) is 2.61. The number of amides is 2. The Morgan fingerprint density at radius 2 is 1.84 bits per heavy atom. The summed E-state index contributed by atoms with van der Waals surface area (Å²) in [6.45, 7) is 5.78. The summed E-state index contributed by atoms with van der Waals surface area (Å²) in [5, 5.41) is 3.04. The monoisotopic (exact) mass is 344 g/mol. The molecule has 1 aliphatic heterocycles. The van der Waals surface area contributed by atoms with Crippen LogP contribution in [0, 0.1) is 0 Å². The summed E-state index contributed by atoms with van der Waals surface area (Å²) in [7, 11) is 1.65. The zero-order valence-corrected chi connectivity index (χ0v) is 15.5. The first-order chi connectivity index (χ1) is 11.9. The molecule has 2 amide bonds. The number of carbonyl (C=O) groups is 2. The molecular formula is C20H28N2O3. The highest BCUT2D eigenvalue weighted by Crippen LogP contribution is 2.22. The third-order valence-corrected chi connectivity index (χ3v) is 4.62. The smallest absolute Gasteiger partial charge is 0.258 e. The topological polar surface area (TPSA) is 58.6 Å². The van der Waals surface area contributed by atoms with Crippen molar-refractivity contribution in [3.8, 4) is 5.75 Å². The van der Waals surface area contributed by atoms with Crippen molar-refractivity contribution in [2.75, 3.05) is 7.05 Å². The van der Waals surface area contributed by atoms with Crippen molar-refractivity contribution in [3.05, 3.63) is 42.0 Å². The summed E-state index contributed by atoms with van der Waals surface area (Å²) in [5.74, 6) is 0.197. The van der Waals surface area contributed by atoms with E-state index in [-0.39, 0.29) is 24.0 Å². The Hall–Kier alpha value is -2.30. The van der Waals surface area contributed by atoms with Gasteiger partial charge in [0.1, 0.15) is 11.8 Å². The first kappa shape index (κ1) is 19.0. The van der Waals surface area contributed by atoms with Crippen LogP contribution < -0.4 is 10.1 Å². The number of nitrogens with one attached hydrogen (secondary N) is 1. The van der Waals surface area contributed by atoms with Gasteiger partial charge in [-0.25, -0.2) is 0 Å². The Bertz CT molecular complexity index is 642. The van der Waals surface area contributed by atoms with E-state index in [4.69, 9.17) is 4.74 Å². The second kappa shape index (κ2) is 8.70. The van der Waals surface area contributed by atoms with Crippen molar-refractivity contribution in [2.45, 2.75) is 58.2 Å². The quantitative estimate of drug-likeness (QED) is 0.796. The van der Waals surface area contributed by atoms with Crippen molar-refractivity contribution >= 4 is 11.8 Å². The van der Waals surface area contributed by atoms with E-state index in [2.05, 4.69) is 17.5 Å². The Balaban J connectivity index is 2.34. The molecule has 1 N–H and O–H groups in total. The van der Waals surface area contributed by atoms with E-state index in [9.17, 15) is 9.59 Å². The van der Waals surface area contributed by atoms with Gasteiger partial charge in [-0.1, -0.05) is 31.2 Å². The number of carbonyl (C=O) groups excluding carboxylic acids is 2. The minimum Gasteiger partial charge on any atom is -0.490 e. The molecule has 1 aromatic rings. The molecule has 0 saturated heterocycles. The first-order valence-electron chi connectivity index (χ1n) is 8.92. The van der Waals surface area contributed by atoms with E-state index in [0.717, 1.165) is 19.3 Å². The molecule has 0 aromatic heterocycles. The van der Waals surface area contributed by atoms with Crippen molar-refractivity contribution in [1.29, 1.82) is 0 Å². The largest absolute Gasteiger partial charge is 0.490 e. The normalized spacial score (nSPS) is 26.9. The summed E-state index contributed by atoms with van der Waals surface area (Å²) in [5.41, 5.74) is 0.476. The Labute approximate surface area is 150 Å².